The van der Waals surface area contributed by atoms with Crippen LogP contribution < -0.4 is 14.8 Å². The standard InChI is InChI=1S/C21H21F2N3O5S/c1-3-32(28,29)26-17-7-5-14(11-18(17)30-2)25-20(27)8-9-21-24-12-19(31-21)15-6-4-13(22)10-16(15)23/h4-7,10-12,26H,3,8-9H2,1-2H3,(H,25,27). The molecule has 0 aliphatic heterocycles. The van der Waals surface area contributed by atoms with Crippen LogP contribution in [0.1, 0.15) is 19.2 Å². The first-order valence-electron chi connectivity index (χ1n) is 9.59. The molecule has 3 aromatic rings. The van der Waals surface area contributed by atoms with Gasteiger partial charge in [0, 0.05) is 30.7 Å². The second-order valence-corrected chi connectivity index (χ2v) is 8.72. The first kappa shape index (κ1) is 23.2. The number of anilines is 2. The van der Waals surface area contributed by atoms with Crippen molar-refractivity contribution in [2.24, 2.45) is 0 Å². The largest absolute Gasteiger partial charge is 0.494 e. The number of rotatable bonds is 9. The molecule has 11 heteroatoms. The zero-order chi connectivity index (χ0) is 23.3. The summed E-state index contributed by atoms with van der Waals surface area (Å²) in [6.07, 6.45) is 1.49. The third-order valence-corrected chi connectivity index (χ3v) is 5.74. The Labute approximate surface area is 183 Å². The number of carbonyl (C=O) groups is 1. The lowest BCUT2D eigenvalue weighted by Gasteiger charge is -2.13. The molecule has 2 N–H and O–H groups in total. The SMILES string of the molecule is CCS(=O)(=O)Nc1ccc(NC(=O)CCc2ncc(-c3ccc(F)cc3F)o2)cc1OC. The van der Waals surface area contributed by atoms with E-state index in [1.54, 1.807) is 0 Å². The summed E-state index contributed by atoms with van der Waals surface area (Å²) in [4.78, 5) is 16.3. The van der Waals surface area contributed by atoms with Crippen molar-refractivity contribution in [3.8, 4) is 17.1 Å². The van der Waals surface area contributed by atoms with E-state index in [-0.39, 0.29) is 53.2 Å². The molecule has 0 spiro atoms. The van der Waals surface area contributed by atoms with Crippen LogP contribution in [0.5, 0.6) is 5.75 Å². The van der Waals surface area contributed by atoms with Crippen molar-refractivity contribution in [2.45, 2.75) is 19.8 Å². The summed E-state index contributed by atoms with van der Waals surface area (Å²) in [7, 11) is -2.10. The van der Waals surface area contributed by atoms with E-state index in [0.29, 0.717) is 5.69 Å². The molecular formula is C21H21F2N3O5S. The fourth-order valence-corrected chi connectivity index (χ4v) is 3.42. The van der Waals surface area contributed by atoms with Crippen LogP contribution >= 0.6 is 0 Å². The highest BCUT2D eigenvalue weighted by atomic mass is 32.2. The Morgan fingerprint density at radius 1 is 1.19 bits per heavy atom. The maximum atomic E-state index is 13.9. The van der Waals surface area contributed by atoms with E-state index in [2.05, 4.69) is 15.0 Å². The van der Waals surface area contributed by atoms with Gasteiger partial charge in [-0.25, -0.2) is 22.2 Å². The number of nitrogens with zero attached hydrogens (tertiary/aromatic N) is 1. The van der Waals surface area contributed by atoms with Crippen LogP contribution in [0.25, 0.3) is 11.3 Å². The van der Waals surface area contributed by atoms with Crippen molar-refractivity contribution >= 4 is 27.3 Å². The molecule has 0 fully saturated rings. The number of oxazole rings is 1. The molecule has 3 rings (SSSR count). The van der Waals surface area contributed by atoms with E-state index in [0.717, 1.165) is 12.1 Å². The Bertz CT molecular complexity index is 1230. The van der Waals surface area contributed by atoms with E-state index < -0.39 is 21.7 Å². The van der Waals surface area contributed by atoms with Crippen LogP contribution in [0.15, 0.2) is 47.0 Å². The molecule has 32 heavy (non-hydrogen) atoms. The number of carbonyl (C=O) groups excluding carboxylic acids is 1. The van der Waals surface area contributed by atoms with Crippen LogP contribution in [-0.4, -0.2) is 32.2 Å². The lowest BCUT2D eigenvalue weighted by molar-refractivity contribution is -0.116. The summed E-state index contributed by atoms with van der Waals surface area (Å²) in [5.41, 5.74) is 0.737. The number of aryl methyl sites for hydroxylation is 1. The highest BCUT2D eigenvalue weighted by molar-refractivity contribution is 7.92. The van der Waals surface area contributed by atoms with Gasteiger partial charge in [0.2, 0.25) is 15.9 Å². The molecule has 170 valence electrons. The van der Waals surface area contributed by atoms with Crippen molar-refractivity contribution in [1.82, 2.24) is 4.98 Å². The van der Waals surface area contributed by atoms with Crippen LogP contribution in [-0.2, 0) is 21.2 Å². The average Bonchev–Trinajstić information content (AvgIpc) is 3.22. The van der Waals surface area contributed by atoms with Gasteiger partial charge in [-0.15, -0.1) is 0 Å². The Balaban J connectivity index is 1.61. The van der Waals surface area contributed by atoms with E-state index in [9.17, 15) is 22.0 Å². The molecule has 0 radical (unpaired) electrons. The topological polar surface area (TPSA) is 111 Å². The Morgan fingerprint density at radius 2 is 1.97 bits per heavy atom. The van der Waals surface area contributed by atoms with E-state index in [4.69, 9.17) is 9.15 Å². The average molecular weight is 465 g/mol. The van der Waals surface area contributed by atoms with Gasteiger partial charge in [-0.3, -0.25) is 9.52 Å². The smallest absolute Gasteiger partial charge is 0.232 e. The summed E-state index contributed by atoms with van der Waals surface area (Å²) >= 11 is 0. The number of hydrogen-bond donors (Lipinski definition) is 2. The number of benzene rings is 2. The Morgan fingerprint density at radius 3 is 2.66 bits per heavy atom. The van der Waals surface area contributed by atoms with E-state index in [1.807, 2.05) is 0 Å². The van der Waals surface area contributed by atoms with Crippen LogP contribution in [0, 0.1) is 11.6 Å². The second-order valence-electron chi connectivity index (χ2n) is 6.71. The number of sulfonamides is 1. The van der Waals surface area contributed by atoms with Crippen molar-refractivity contribution in [2.75, 3.05) is 22.9 Å². The van der Waals surface area contributed by atoms with E-state index in [1.165, 1.54) is 44.5 Å². The number of amides is 1. The number of halogens is 2. The lowest BCUT2D eigenvalue weighted by Crippen LogP contribution is -2.16. The van der Waals surface area contributed by atoms with Gasteiger partial charge in [0.25, 0.3) is 0 Å². The van der Waals surface area contributed by atoms with Crippen LogP contribution in [0.4, 0.5) is 20.2 Å². The molecule has 0 bridgehead atoms. The molecule has 0 aliphatic carbocycles. The fraction of sp³-hybridized carbons (Fsp3) is 0.238. The predicted octanol–water partition coefficient (Wildman–Crippen LogP) is 3.96. The third-order valence-electron chi connectivity index (χ3n) is 4.45. The number of nitrogens with one attached hydrogen (secondary N) is 2. The molecule has 0 aliphatic rings. The molecule has 1 amide bonds. The predicted molar refractivity (Wildman–Crippen MR) is 115 cm³/mol. The first-order chi connectivity index (χ1) is 15.2. The van der Waals surface area contributed by atoms with Gasteiger partial charge in [0.1, 0.15) is 17.4 Å². The molecule has 2 aromatic carbocycles. The maximum absolute atomic E-state index is 13.9. The van der Waals surface area contributed by atoms with Crippen molar-refractivity contribution in [1.29, 1.82) is 0 Å². The van der Waals surface area contributed by atoms with Gasteiger partial charge >= 0.3 is 0 Å². The maximum Gasteiger partial charge on any atom is 0.232 e. The zero-order valence-corrected chi connectivity index (χ0v) is 18.1. The van der Waals surface area contributed by atoms with Gasteiger partial charge in [0.15, 0.2) is 11.7 Å². The molecule has 1 heterocycles. The first-order valence-corrected chi connectivity index (χ1v) is 11.2. The summed E-state index contributed by atoms with van der Waals surface area (Å²) in [6, 6.07) is 7.62. The van der Waals surface area contributed by atoms with Crippen LogP contribution in [0.3, 0.4) is 0 Å². The number of aromatic nitrogens is 1. The Kier molecular flexibility index (Phi) is 7.08. The third kappa shape index (κ3) is 5.82. The molecule has 0 unspecified atom stereocenters. The fourth-order valence-electron chi connectivity index (χ4n) is 2.78. The van der Waals surface area contributed by atoms with Gasteiger partial charge < -0.3 is 14.5 Å². The van der Waals surface area contributed by atoms with Gasteiger partial charge in [-0.1, -0.05) is 0 Å². The summed E-state index contributed by atoms with van der Waals surface area (Å²) in [5.74, 6) is -1.31. The second kappa shape index (κ2) is 9.77. The zero-order valence-electron chi connectivity index (χ0n) is 17.3. The number of ether oxygens (including phenoxy) is 1. The molecule has 0 atom stereocenters. The van der Waals surface area contributed by atoms with Crippen molar-refractivity contribution in [3.63, 3.8) is 0 Å². The lowest BCUT2D eigenvalue weighted by atomic mass is 10.2. The van der Waals surface area contributed by atoms with Crippen LogP contribution in [0.2, 0.25) is 0 Å². The highest BCUT2D eigenvalue weighted by Gasteiger charge is 2.15. The van der Waals surface area contributed by atoms with Gasteiger partial charge in [-0.2, -0.15) is 0 Å². The minimum atomic E-state index is -3.48. The van der Waals surface area contributed by atoms with Crippen molar-refractivity contribution < 1.29 is 31.1 Å². The summed E-state index contributed by atoms with van der Waals surface area (Å²) in [6.45, 7) is 1.51. The summed E-state index contributed by atoms with van der Waals surface area (Å²) < 4.78 is 63.5. The van der Waals surface area contributed by atoms with E-state index >= 15 is 0 Å². The molecule has 0 saturated heterocycles. The molecule has 0 saturated carbocycles. The minimum Gasteiger partial charge on any atom is -0.494 e. The van der Waals surface area contributed by atoms with Gasteiger partial charge in [-0.05, 0) is 31.2 Å². The van der Waals surface area contributed by atoms with Crippen molar-refractivity contribution in [3.05, 3.63) is 60.1 Å². The highest BCUT2D eigenvalue weighted by Crippen LogP contribution is 2.29. The normalized spacial score (nSPS) is 11.2. The monoisotopic (exact) mass is 465 g/mol. The molecule has 1 aromatic heterocycles. The number of hydrogen-bond acceptors (Lipinski definition) is 6. The summed E-state index contributed by atoms with van der Waals surface area (Å²) in [5, 5.41) is 2.68. The molecular weight excluding hydrogens is 444 g/mol. The Hall–Kier alpha value is -3.47. The number of methoxy groups -OCH3 is 1. The minimum absolute atomic E-state index is 0.0262. The quantitative estimate of drug-likeness (QED) is 0.495. The van der Waals surface area contributed by atoms with Gasteiger partial charge in [0.05, 0.1) is 30.3 Å². The molecule has 8 nitrogen and oxygen atoms in total.